The first-order valence-corrected chi connectivity index (χ1v) is 9.98. The first-order chi connectivity index (χ1) is 14.5. The number of fused-ring (bicyclic) bond motifs is 1. The number of rotatable bonds is 6. The normalized spacial score (nSPS) is 10.9. The number of nitrogens with zero attached hydrogens (tertiary/aromatic N) is 4. The van der Waals surface area contributed by atoms with E-state index in [1.54, 1.807) is 24.3 Å². The third-order valence-electron chi connectivity index (χ3n) is 4.64. The summed E-state index contributed by atoms with van der Waals surface area (Å²) in [5.41, 5.74) is 2.97. The number of hydrogen-bond acceptors (Lipinski definition) is 5. The zero-order valence-electron chi connectivity index (χ0n) is 16.7. The van der Waals surface area contributed by atoms with Gasteiger partial charge in [0.2, 0.25) is 0 Å². The van der Waals surface area contributed by atoms with Gasteiger partial charge in [0.05, 0.1) is 27.4 Å². The molecule has 4 rings (SSSR count). The Labute approximate surface area is 179 Å². The summed E-state index contributed by atoms with van der Waals surface area (Å²) in [6.07, 6.45) is 0. The minimum absolute atomic E-state index is 0.209. The van der Waals surface area contributed by atoms with Gasteiger partial charge in [-0.1, -0.05) is 41.9 Å². The average Bonchev–Trinajstić information content (AvgIpc) is 3.08. The van der Waals surface area contributed by atoms with E-state index in [0.29, 0.717) is 35.3 Å². The first kappa shape index (κ1) is 19.8. The molecule has 0 aliphatic rings. The van der Waals surface area contributed by atoms with Crippen molar-refractivity contribution in [2.75, 3.05) is 18.4 Å². The Morgan fingerprint density at radius 3 is 2.50 bits per heavy atom. The van der Waals surface area contributed by atoms with Crippen molar-refractivity contribution in [3.63, 3.8) is 0 Å². The molecule has 0 aliphatic carbocycles. The van der Waals surface area contributed by atoms with Gasteiger partial charge in [0, 0.05) is 13.1 Å². The molecule has 0 saturated carbocycles. The highest BCUT2D eigenvalue weighted by Crippen LogP contribution is 2.26. The van der Waals surface area contributed by atoms with Crippen molar-refractivity contribution < 1.29 is 4.79 Å². The van der Waals surface area contributed by atoms with Gasteiger partial charge < -0.3 is 10.6 Å². The Bertz CT molecular complexity index is 1210. The average molecular weight is 421 g/mol. The van der Waals surface area contributed by atoms with Crippen LogP contribution >= 0.6 is 11.6 Å². The molecule has 0 radical (unpaired) electrons. The van der Waals surface area contributed by atoms with Crippen LogP contribution in [0, 0.1) is 13.8 Å². The zero-order chi connectivity index (χ0) is 21.1. The highest BCUT2D eigenvalue weighted by atomic mass is 35.5. The monoisotopic (exact) mass is 420 g/mol. The quantitative estimate of drug-likeness (QED) is 0.462. The molecule has 30 heavy (non-hydrogen) atoms. The lowest BCUT2D eigenvalue weighted by Gasteiger charge is -2.10. The van der Waals surface area contributed by atoms with Gasteiger partial charge in [-0.15, -0.1) is 0 Å². The summed E-state index contributed by atoms with van der Waals surface area (Å²) in [5, 5.41) is 12.1. The molecule has 8 heteroatoms. The molecular formula is C22H21ClN6O. The van der Waals surface area contributed by atoms with Crippen LogP contribution in [0.2, 0.25) is 5.02 Å². The Morgan fingerprint density at radius 1 is 1.00 bits per heavy atom. The lowest BCUT2D eigenvalue weighted by molar-refractivity contribution is 0.0955. The van der Waals surface area contributed by atoms with Crippen LogP contribution in [-0.2, 0) is 0 Å². The first-order valence-electron chi connectivity index (χ1n) is 9.60. The summed E-state index contributed by atoms with van der Waals surface area (Å²) < 4.78 is 1.82. The molecule has 152 valence electrons. The van der Waals surface area contributed by atoms with Crippen molar-refractivity contribution >= 4 is 34.4 Å². The number of halogens is 1. The maximum atomic E-state index is 12.3. The summed E-state index contributed by atoms with van der Waals surface area (Å²) in [7, 11) is 0. The summed E-state index contributed by atoms with van der Waals surface area (Å²) in [6, 6.07) is 16.8. The van der Waals surface area contributed by atoms with Crippen molar-refractivity contribution in [1.82, 2.24) is 25.1 Å². The lowest BCUT2D eigenvalue weighted by atomic mass is 10.2. The van der Waals surface area contributed by atoms with Crippen LogP contribution < -0.4 is 10.6 Å². The topological polar surface area (TPSA) is 84.7 Å². The Kier molecular flexibility index (Phi) is 5.63. The largest absolute Gasteiger partial charge is 0.368 e. The van der Waals surface area contributed by atoms with E-state index >= 15 is 0 Å². The van der Waals surface area contributed by atoms with Crippen LogP contribution in [0.25, 0.3) is 16.7 Å². The van der Waals surface area contributed by atoms with Crippen molar-refractivity contribution in [2.45, 2.75) is 13.8 Å². The van der Waals surface area contributed by atoms with Crippen LogP contribution in [-0.4, -0.2) is 38.7 Å². The van der Waals surface area contributed by atoms with Crippen LogP contribution in [0.4, 0.5) is 5.82 Å². The number of aryl methyl sites for hydroxylation is 2. The van der Waals surface area contributed by atoms with E-state index in [1.165, 1.54) is 0 Å². The minimum atomic E-state index is -0.209. The van der Waals surface area contributed by atoms with Gasteiger partial charge in [0.15, 0.2) is 5.65 Å². The van der Waals surface area contributed by atoms with Gasteiger partial charge >= 0.3 is 0 Å². The molecule has 2 aromatic heterocycles. The van der Waals surface area contributed by atoms with E-state index in [2.05, 4.69) is 25.7 Å². The predicted octanol–water partition coefficient (Wildman–Crippen LogP) is 3.93. The van der Waals surface area contributed by atoms with E-state index in [9.17, 15) is 4.79 Å². The van der Waals surface area contributed by atoms with Gasteiger partial charge in [0.1, 0.15) is 11.6 Å². The van der Waals surface area contributed by atoms with E-state index < -0.39 is 0 Å². The molecule has 0 atom stereocenters. The third-order valence-corrected chi connectivity index (χ3v) is 4.97. The van der Waals surface area contributed by atoms with E-state index in [1.807, 2.05) is 48.9 Å². The number of nitrogens with one attached hydrogen (secondary N) is 2. The molecule has 2 N–H and O–H groups in total. The second-order valence-electron chi connectivity index (χ2n) is 6.81. The fourth-order valence-electron chi connectivity index (χ4n) is 3.27. The molecule has 1 amide bonds. The van der Waals surface area contributed by atoms with E-state index in [-0.39, 0.29) is 5.91 Å². The van der Waals surface area contributed by atoms with Gasteiger partial charge in [-0.25, -0.2) is 14.6 Å². The van der Waals surface area contributed by atoms with E-state index in [0.717, 1.165) is 22.4 Å². The highest BCUT2D eigenvalue weighted by molar-refractivity contribution is 6.33. The van der Waals surface area contributed by atoms with Crippen molar-refractivity contribution in [1.29, 1.82) is 0 Å². The van der Waals surface area contributed by atoms with Gasteiger partial charge in [-0.3, -0.25) is 4.79 Å². The number of hydrogen-bond donors (Lipinski definition) is 2. The SMILES string of the molecule is Cc1nc(NCCNC(=O)c2ccccc2Cl)c2c(C)nn(-c3ccccc3)c2n1. The molecule has 4 aromatic rings. The number of carbonyl (C=O) groups excluding carboxylic acids is 1. The molecule has 0 bridgehead atoms. The molecule has 2 heterocycles. The third kappa shape index (κ3) is 3.97. The van der Waals surface area contributed by atoms with Crippen LogP contribution in [0.15, 0.2) is 54.6 Å². The second-order valence-corrected chi connectivity index (χ2v) is 7.22. The zero-order valence-corrected chi connectivity index (χ0v) is 17.4. The summed E-state index contributed by atoms with van der Waals surface area (Å²) in [4.78, 5) is 21.4. The molecule has 2 aromatic carbocycles. The summed E-state index contributed by atoms with van der Waals surface area (Å²) in [5.74, 6) is 1.13. The maximum absolute atomic E-state index is 12.3. The van der Waals surface area contributed by atoms with E-state index in [4.69, 9.17) is 11.6 Å². The molecular weight excluding hydrogens is 400 g/mol. The number of amides is 1. The van der Waals surface area contributed by atoms with Gasteiger partial charge in [-0.2, -0.15) is 5.10 Å². The van der Waals surface area contributed by atoms with Crippen LogP contribution in [0.1, 0.15) is 21.9 Å². The highest BCUT2D eigenvalue weighted by Gasteiger charge is 2.16. The second kappa shape index (κ2) is 8.51. The Balaban J connectivity index is 1.51. The fraction of sp³-hybridized carbons (Fsp3) is 0.182. The fourth-order valence-corrected chi connectivity index (χ4v) is 3.49. The van der Waals surface area contributed by atoms with Gasteiger partial charge in [0.25, 0.3) is 5.91 Å². The van der Waals surface area contributed by atoms with Gasteiger partial charge in [-0.05, 0) is 38.1 Å². The molecule has 0 saturated heterocycles. The smallest absolute Gasteiger partial charge is 0.252 e. The number of anilines is 1. The molecule has 0 unspecified atom stereocenters. The number of benzene rings is 2. The summed E-state index contributed by atoms with van der Waals surface area (Å²) >= 11 is 6.08. The molecule has 7 nitrogen and oxygen atoms in total. The number of para-hydroxylation sites is 1. The van der Waals surface area contributed by atoms with Crippen molar-refractivity contribution in [3.8, 4) is 5.69 Å². The minimum Gasteiger partial charge on any atom is -0.368 e. The van der Waals surface area contributed by atoms with Crippen LogP contribution in [0.3, 0.4) is 0 Å². The van der Waals surface area contributed by atoms with Crippen molar-refractivity contribution in [3.05, 3.63) is 76.7 Å². The molecule has 0 fully saturated rings. The molecule has 0 spiro atoms. The maximum Gasteiger partial charge on any atom is 0.252 e. The van der Waals surface area contributed by atoms with Crippen LogP contribution in [0.5, 0.6) is 0 Å². The number of aromatic nitrogens is 4. The Morgan fingerprint density at radius 2 is 1.73 bits per heavy atom. The Hall–Kier alpha value is -3.45. The lowest BCUT2D eigenvalue weighted by Crippen LogP contribution is -2.29. The standard InChI is InChI=1S/C22H21ClN6O/c1-14-19-20(24-12-13-25-22(30)17-10-6-7-11-18(17)23)26-15(2)27-21(19)29(28-14)16-8-4-3-5-9-16/h3-11H,12-13H2,1-2H3,(H,25,30)(H,24,26,27). The number of carbonyl (C=O) groups is 1. The van der Waals surface area contributed by atoms with Crippen molar-refractivity contribution in [2.24, 2.45) is 0 Å². The predicted molar refractivity (Wildman–Crippen MR) is 118 cm³/mol. The molecule has 0 aliphatic heterocycles. The summed E-state index contributed by atoms with van der Waals surface area (Å²) in [6.45, 7) is 4.70.